The van der Waals surface area contributed by atoms with Crippen molar-refractivity contribution in [2.24, 2.45) is 7.05 Å². The lowest BCUT2D eigenvalue weighted by Crippen LogP contribution is -2.34. The molecule has 0 radical (unpaired) electrons. The fourth-order valence-corrected chi connectivity index (χ4v) is 3.89. The molecule has 2 aromatic heterocycles. The maximum absolute atomic E-state index is 13.0. The van der Waals surface area contributed by atoms with Gasteiger partial charge in [-0.2, -0.15) is 5.10 Å². The first-order valence-corrected chi connectivity index (χ1v) is 8.64. The molecular formula is C18H22N6O. The van der Waals surface area contributed by atoms with E-state index in [0.717, 1.165) is 41.8 Å². The van der Waals surface area contributed by atoms with Crippen molar-refractivity contribution in [3.63, 3.8) is 0 Å². The minimum Gasteiger partial charge on any atom is -0.334 e. The summed E-state index contributed by atoms with van der Waals surface area (Å²) in [5.74, 6) is 0.0841. The molecule has 0 N–H and O–H groups in total. The van der Waals surface area contributed by atoms with Crippen LogP contribution in [0.4, 0.5) is 0 Å². The first-order valence-electron chi connectivity index (χ1n) is 8.64. The number of carbonyl (C=O) groups excluding carboxylic acids is 1. The van der Waals surface area contributed by atoms with Gasteiger partial charge in [0.25, 0.3) is 0 Å². The van der Waals surface area contributed by atoms with Crippen LogP contribution >= 0.6 is 0 Å². The highest BCUT2D eigenvalue weighted by atomic mass is 16.2. The predicted molar refractivity (Wildman–Crippen MR) is 93.9 cm³/mol. The number of aromatic nitrogens is 5. The Kier molecular flexibility index (Phi) is 3.78. The lowest BCUT2D eigenvalue weighted by molar-refractivity contribution is -0.132. The molecule has 3 aromatic rings. The van der Waals surface area contributed by atoms with Gasteiger partial charge in [-0.15, -0.1) is 5.10 Å². The fraction of sp³-hybridized carbons (Fsp3) is 0.444. The van der Waals surface area contributed by atoms with Crippen molar-refractivity contribution in [1.29, 1.82) is 0 Å². The van der Waals surface area contributed by atoms with E-state index in [9.17, 15) is 4.79 Å². The molecule has 1 saturated heterocycles. The van der Waals surface area contributed by atoms with Crippen LogP contribution in [0.25, 0.3) is 11.0 Å². The summed E-state index contributed by atoms with van der Waals surface area (Å²) in [5, 5.41) is 12.8. The number of fused-ring (bicyclic) bond motifs is 1. The maximum Gasteiger partial charge on any atom is 0.244 e. The minimum absolute atomic E-state index is 0.0841. The quantitative estimate of drug-likeness (QED) is 0.734. The molecule has 1 fully saturated rings. The van der Waals surface area contributed by atoms with Crippen molar-refractivity contribution in [2.75, 3.05) is 6.54 Å². The molecule has 130 valence electrons. The Morgan fingerprint density at radius 1 is 1.28 bits per heavy atom. The predicted octanol–water partition coefficient (Wildman–Crippen LogP) is 2.15. The number of carbonyl (C=O) groups is 1. The van der Waals surface area contributed by atoms with Crippen LogP contribution in [0.5, 0.6) is 0 Å². The van der Waals surface area contributed by atoms with E-state index in [1.165, 1.54) is 5.56 Å². The zero-order chi connectivity index (χ0) is 17.6. The number of aryl methyl sites for hydroxylation is 2. The van der Waals surface area contributed by atoms with E-state index >= 15 is 0 Å². The number of amides is 1. The molecule has 1 aliphatic rings. The largest absolute Gasteiger partial charge is 0.334 e. The van der Waals surface area contributed by atoms with Gasteiger partial charge in [-0.3, -0.25) is 9.48 Å². The number of benzene rings is 1. The highest BCUT2D eigenvalue weighted by Gasteiger charge is 2.33. The van der Waals surface area contributed by atoms with E-state index in [1.807, 2.05) is 47.8 Å². The second-order valence-corrected chi connectivity index (χ2v) is 6.69. The van der Waals surface area contributed by atoms with E-state index < -0.39 is 0 Å². The van der Waals surface area contributed by atoms with E-state index in [4.69, 9.17) is 0 Å². The Labute approximate surface area is 146 Å². The normalized spacial score (nSPS) is 17.6. The zero-order valence-corrected chi connectivity index (χ0v) is 14.8. The summed E-state index contributed by atoms with van der Waals surface area (Å²) in [6.45, 7) is 5.09. The zero-order valence-electron chi connectivity index (χ0n) is 14.8. The number of rotatable bonds is 3. The summed E-state index contributed by atoms with van der Waals surface area (Å²) in [6.07, 6.45) is 2.00. The molecule has 1 amide bonds. The molecule has 0 saturated carbocycles. The molecule has 1 aliphatic heterocycles. The van der Waals surface area contributed by atoms with E-state index in [2.05, 4.69) is 22.3 Å². The molecule has 0 aliphatic carbocycles. The van der Waals surface area contributed by atoms with Crippen LogP contribution in [0.1, 0.15) is 35.8 Å². The topological polar surface area (TPSA) is 68.8 Å². The Morgan fingerprint density at radius 2 is 2.08 bits per heavy atom. The van der Waals surface area contributed by atoms with Gasteiger partial charge in [-0.05, 0) is 38.8 Å². The monoisotopic (exact) mass is 338 g/mol. The molecule has 3 heterocycles. The van der Waals surface area contributed by atoms with Crippen LogP contribution in [-0.4, -0.2) is 42.1 Å². The lowest BCUT2D eigenvalue weighted by Gasteiger charge is -2.25. The highest BCUT2D eigenvalue weighted by Crippen LogP contribution is 2.35. The molecule has 7 nitrogen and oxygen atoms in total. The Bertz CT molecular complexity index is 940. The fourth-order valence-electron chi connectivity index (χ4n) is 3.89. The number of hydrogen-bond donors (Lipinski definition) is 0. The molecule has 0 spiro atoms. The molecular weight excluding hydrogens is 316 g/mol. The average molecular weight is 338 g/mol. The molecule has 1 atom stereocenters. The van der Waals surface area contributed by atoms with Crippen molar-refractivity contribution in [1.82, 2.24) is 29.7 Å². The van der Waals surface area contributed by atoms with Crippen molar-refractivity contribution >= 4 is 16.9 Å². The molecule has 4 rings (SSSR count). The van der Waals surface area contributed by atoms with Gasteiger partial charge in [0.05, 0.1) is 17.3 Å². The lowest BCUT2D eigenvalue weighted by atomic mass is 10.0. The van der Waals surface area contributed by atoms with Gasteiger partial charge >= 0.3 is 0 Å². The van der Waals surface area contributed by atoms with E-state index in [1.54, 1.807) is 4.68 Å². The summed E-state index contributed by atoms with van der Waals surface area (Å²) in [6, 6.07) is 7.82. The van der Waals surface area contributed by atoms with Gasteiger partial charge < -0.3 is 4.90 Å². The summed E-state index contributed by atoms with van der Waals surface area (Å²) in [7, 11) is 1.95. The van der Waals surface area contributed by atoms with Gasteiger partial charge in [0.2, 0.25) is 5.91 Å². The summed E-state index contributed by atoms with van der Waals surface area (Å²) < 4.78 is 3.59. The third-order valence-electron chi connectivity index (χ3n) is 5.18. The van der Waals surface area contributed by atoms with Crippen molar-refractivity contribution in [2.45, 2.75) is 39.3 Å². The van der Waals surface area contributed by atoms with Crippen LogP contribution in [0.2, 0.25) is 0 Å². The number of hydrogen-bond acceptors (Lipinski definition) is 4. The van der Waals surface area contributed by atoms with Crippen LogP contribution < -0.4 is 0 Å². The number of likely N-dealkylation sites (tertiary alicyclic amines) is 1. The Hall–Kier alpha value is -2.70. The van der Waals surface area contributed by atoms with Gasteiger partial charge in [0.15, 0.2) is 0 Å². The summed E-state index contributed by atoms with van der Waals surface area (Å²) in [4.78, 5) is 15.0. The highest BCUT2D eigenvalue weighted by molar-refractivity contribution is 5.80. The maximum atomic E-state index is 13.0. The molecule has 1 unspecified atom stereocenters. The second kappa shape index (κ2) is 5.98. The van der Waals surface area contributed by atoms with Gasteiger partial charge in [-0.1, -0.05) is 17.3 Å². The third-order valence-corrected chi connectivity index (χ3v) is 5.18. The molecule has 1 aromatic carbocycles. The van der Waals surface area contributed by atoms with Crippen molar-refractivity contribution in [3.8, 4) is 0 Å². The molecule has 0 bridgehead atoms. The first-order chi connectivity index (χ1) is 12.1. The third kappa shape index (κ3) is 2.59. The minimum atomic E-state index is 0.0841. The standard InChI is InChI=1S/C18H22N6O/c1-12-18(13(2)22(3)20-12)16-9-6-10-23(16)17(25)11-24-15-8-5-4-7-14(15)19-21-24/h4-5,7-8,16H,6,9-11H2,1-3H3. The van der Waals surface area contributed by atoms with Crippen LogP contribution in [0, 0.1) is 13.8 Å². The van der Waals surface area contributed by atoms with Crippen LogP contribution in [0.15, 0.2) is 24.3 Å². The van der Waals surface area contributed by atoms with Gasteiger partial charge in [-0.25, -0.2) is 4.68 Å². The van der Waals surface area contributed by atoms with Crippen LogP contribution in [-0.2, 0) is 18.4 Å². The van der Waals surface area contributed by atoms with E-state index in [-0.39, 0.29) is 18.5 Å². The summed E-state index contributed by atoms with van der Waals surface area (Å²) >= 11 is 0. The Balaban J connectivity index is 1.61. The number of para-hydroxylation sites is 1. The van der Waals surface area contributed by atoms with E-state index in [0.29, 0.717) is 0 Å². The van der Waals surface area contributed by atoms with Gasteiger partial charge in [0.1, 0.15) is 12.1 Å². The van der Waals surface area contributed by atoms with Crippen molar-refractivity contribution in [3.05, 3.63) is 41.2 Å². The summed E-state index contributed by atoms with van der Waals surface area (Å²) in [5.41, 5.74) is 5.04. The smallest absolute Gasteiger partial charge is 0.244 e. The molecule has 25 heavy (non-hydrogen) atoms. The number of nitrogens with zero attached hydrogens (tertiary/aromatic N) is 6. The SMILES string of the molecule is Cc1nn(C)c(C)c1C1CCCN1C(=O)Cn1nnc2ccccc21. The Morgan fingerprint density at radius 3 is 2.84 bits per heavy atom. The molecule has 7 heteroatoms. The second-order valence-electron chi connectivity index (χ2n) is 6.69. The van der Waals surface area contributed by atoms with Crippen LogP contribution in [0.3, 0.4) is 0 Å². The van der Waals surface area contributed by atoms with Gasteiger partial charge in [0, 0.05) is 24.8 Å². The first kappa shape index (κ1) is 15.8. The van der Waals surface area contributed by atoms with Crippen molar-refractivity contribution < 1.29 is 4.79 Å². The average Bonchev–Trinajstić information content (AvgIpc) is 3.27.